The Kier molecular flexibility index (Phi) is 10.7. The summed E-state index contributed by atoms with van der Waals surface area (Å²) < 4.78 is 7.44. The molecule has 5 rings (SSSR count). The van der Waals surface area contributed by atoms with Crippen molar-refractivity contribution < 1.29 is 14.3 Å². The van der Waals surface area contributed by atoms with Crippen molar-refractivity contribution in [1.82, 2.24) is 15.1 Å². The lowest BCUT2D eigenvalue weighted by Gasteiger charge is -2.36. The summed E-state index contributed by atoms with van der Waals surface area (Å²) in [6.07, 6.45) is 11.6. The van der Waals surface area contributed by atoms with E-state index in [1.165, 1.54) is 11.1 Å². The van der Waals surface area contributed by atoms with Gasteiger partial charge in [0.05, 0.1) is 13.3 Å². The first-order chi connectivity index (χ1) is 21.2. The van der Waals surface area contributed by atoms with Gasteiger partial charge in [-0.2, -0.15) is 5.10 Å². The van der Waals surface area contributed by atoms with Gasteiger partial charge in [0.2, 0.25) is 11.8 Å². The minimum atomic E-state index is -0.138. The molecule has 0 atom stereocenters. The number of nitrogens with zero attached hydrogens (tertiary/aromatic N) is 3. The maximum Gasteiger partial charge on any atom is 0.235 e. The number of benzene rings is 2. The first-order valence-corrected chi connectivity index (χ1v) is 16.7. The summed E-state index contributed by atoms with van der Waals surface area (Å²) in [5.74, 6) is 1.91. The van der Waals surface area contributed by atoms with Crippen molar-refractivity contribution in [3.8, 4) is 16.9 Å². The molecular weight excluding hydrogens is 572 g/mol. The van der Waals surface area contributed by atoms with Crippen molar-refractivity contribution in [2.75, 3.05) is 24.4 Å². The number of ether oxygens (including phenoxy) is 1. The largest absolute Gasteiger partial charge is 0.496 e. The fourth-order valence-electron chi connectivity index (χ4n) is 7.01. The third kappa shape index (κ3) is 7.66. The highest BCUT2D eigenvalue weighted by Gasteiger charge is 2.33. The van der Waals surface area contributed by atoms with E-state index in [0.29, 0.717) is 11.8 Å². The number of carbonyl (C=O) groups is 2. The molecule has 0 unspecified atom stereocenters. The number of aromatic nitrogens is 2. The van der Waals surface area contributed by atoms with Crippen molar-refractivity contribution >= 4 is 29.1 Å². The van der Waals surface area contributed by atoms with Crippen LogP contribution in [0.1, 0.15) is 88.3 Å². The molecule has 1 heterocycles. The Morgan fingerprint density at radius 3 is 2.41 bits per heavy atom. The molecule has 44 heavy (non-hydrogen) atoms. The molecule has 0 radical (unpaired) electrons. The van der Waals surface area contributed by atoms with Crippen molar-refractivity contribution in [2.24, 2.45) is 11.8 Å². The van der Waals surface area contributed by atoms with Crippen molar-refractivity contribution in [3.05, 3.63) is 66.0 Å². The Morgan fingerprint density at radius 2 is 1.77 bits per heavy atom. The molecule has 1 aromatic heterocycles. The van der Waals surface area contributed by atoms with E-state index in [4.69, 9.17) is 16.3 Å². The summed E-state index contributed by atoms with van der Waals surface area (Å²) >= 11 is 5.71. The molecule has 3 aromatic rings. The standard InChI is InChI=1S/C36H47ClN4O3/c1-24(2)41-23-31(21-38-41)29-6-5-7-33(19-29)40(36(43)28-12-15-32(16-13-28)39-35(42)20-37)22-26-8-10-27(11-9-26)30-14-17-34(44-4)25(3)18-30/h5-7,14,17-19,21,23-24,26-28,32H,8-13,15-16,20,22H2,1-4H3,(H,39,42). The molecule has 8 heteroatoms. The zero-order chi connectivity index (χ0) is 31.2. The molecule has 236 valence electrons. The molecule has 2 amide bonds. The smallest absolute Gasteiger partial charge is 0.235 e. The topological polar surface area (TPSA) is 76.5 Å². The van der Waals surface area contributed by atoms with Gasteiger partial charge < -0.3 is 15.0 Å². The molecule has 7 nitrogen and oxygen atoms in total. The number of aryl methyl sites for hydroxylation is 1. The minimum absolute atomic E-state index is 0.0284. The third-order valence-electron chi connectivity index (χ3n) is 9.63. The normalized spacial score (nSPS) is 22.0. The van der Waals surface area contributed by atoms with E-state index < -0.39 is 0 Å². The van der Waals surface area contributed by atoms with Crippen LogP contribution in [-0.2, 0) is 9.59 Å². The number of rotatable bonds is 10. The molecule has 2 aliphatic carbocycles. The van der Waals surface area contributed by atoms with Crippen molar-refractivity contribution in [1.29, 1.82) is 0 Å². The van der Waals surface area contributed by atoms with Gasteiger partial charge >= 0.3 is 0 Å². The van der Waals surface area contributed by atoms with Crippen LogP contribution in [0.4, 0.5) is 5.69 Å². The molecule has 2 aromatic carbocycles. The number of methoxy groups -OCH3 is 1. The van der Waals surface area contributed by atoms with Gasteiger partial charge in [0.25, 0.3) is 0 Å². The van der Waals surface area contributed by atoms with E-state index in [1.807, 2.05) is 10.9 Å². The number of anilines is 1. The Balaban J connectivity index is 1.32. The van der Waals surface area contributed by atoms with Crippen molar-refractivity contribution in [3.63, 3.8) is 0 Å². The van der Waals surface area contributed by atoms with Gasteiger partial charge in [-0.25, -0.2) is 0 Å². The number of amides is 2. The molecule has 0 saturated heterocycles. The SMILES string of the molecule is COc1ccc(C2CCC(CN(C(=O)C3CCC(NC(=O)CCl)CC3)c3cccc(-c4cnn(C(C)C)c4)c3)CC2)cc1C. The van der Waals surface area contributed by atoms with E-state index in [9.17, 15) is 9.59 Å². The first kappa shape index (κ1) is 32.1. The average molecular weight is 619 g/mol. The van der Waals surface area contributed by atoms with Crippen LogP contribution >= 0.6 is 11.6 Å². The first-order valence-electron chi connectivity index (χ1n) is 16.2. The average Bonchev–Trinajstić information content (AvgIpc) is 3.55. The van der Waals surface area contributed by atoms with Gasteiger partial charge in [-0.3, -0.25) is 14.3 Å². The minimum Gasteiger partial charge on any atom is -0.496 e. The Labute approximate surface area is 267 Å². The fraction of sp³-hybridized carbons (Fsp3) is 0.528. The van der Waals surface area contributed by atoms with Crippen LogP contribution in [0.3, 0.4) is 0 Å². The van der Waals surface area contributed by atoms with Gasteiger partial charge in [0.1, 0.15) is 11.6 Å². The summed E-state index contributed by atoms with van der Waals surface area (Å²) in [7, 11) is 1.72. The number of hydrogen-bond donors (Lipinski definition) is 1. The Morgan fingerprint density at radius 1 is 1.02 bits per heavy atom. The molecule has 0 spiro atoms. The number of halogens is 1. The number of hydrogen-bond acceptors (Lipinski definition) is 4. The highest BCUT2D eigenvalue weighted by atomic mass is 35.5. The summed E-state index contributed by atoms with van der Waals surface area (Å²) in [6.45, 7) is 7.07. The van der Waals surface area contributed by atoms with E-state index in [2.05, 4.69) is 84.7 Å². The van der Waals surface area contributed by atoms with E-state index in [0.717, 1.165) is 80.5 Å². The molecule has 2 saturated carbocycles. The lowest BCUT2D eigenvalue weighted by Crippen LogP contribution is -2.44. The van der Waals surface area contributed by atoms with Crippen molar-refractivity contribution in [2.45, 2.75) is 90.1 Å². The third-order valence-corrected chi connectivity index (χ3v) is 9.87. The van der Waals surface area contributed by atoms with Crippen LogP contribution in [0.15, 0.2) is 54.9 Å². The fourth-order valence-corrected chi connectivity index (χ4v) is 7.09. The zero-order valence-electron chi connectivity index (χ0n) is 26.6. The second-order valence-electron chi connectivity index (χ2n) is 13.0. The summed E-state index contributed by atoms with van der Waals surface area (Å²) in [5.41, 5.74) is 5.65. The Bertz CT molecular complexity index is 1420. The zero-order valence-corrected chi connectivity index (χ0v) is 27.4. The molecule has 0 aliphatic heterocycles. The molecule has 2 fully saturated rings. The van der Waals surface area contributed by atoms with Crippen LogP contribution in [0.5, 0.6) is 5.75 Å². The number of carbonyl (C=O) groups excluding carboxylic acids is 2. The van der Waals surface area contributed by atoms with E-state index in [1.54, 1.807) is 7.11 Å². The molecule has 1 N–H and O–H groups in total. The predicted octanol–water partition coefficient (Wildman–Crippen LogP) is 7.67. The van der Waals surface area contributed by atoms with Crippen LogP contribution in [-0.4, -0.2) is 47.2 Å². The lowest BCUT2D eigenvalue weighted by atomic mass is 9.78. The van der Waals surface area contributed by atoms with Crippen LogP contribution in [0, 0.1) is 18.8 Å². The second-order valence-corrected chi connectivity index (χ2v) is 13.3. The summed E-state index contributed by atoms with van der Waals surface area (Å²) in [6, 6.07) is 15.3. The highest BCUT2D eigenvalue weighted by molar-refractivity contribution is 6.27. The molecule has 2 aliphatic rings. The quantitative estimate of drug-likeness (QED) is 0.237. The van der Waals surface area contributed by atoms with Gasteiger partial charge in [-0.15, -0.1) is 11.6 Å². The Hall–Kier alpha value is -3.32. The van der Waals surface area contributed by atoms with Crippen LogP contribution in [0.25, 0.3) is 11.1 Å². The summed E-state index contributed by atoms with van der Waals surface area (Å²) in [4.78, 5) is 28.2. The lowest BCUT2D eigenvalue weighted by molar-refractivity contribution is -0.123. The van der Waals surface area contributed by atoms with Gasteiger partial charge in [0.15, 0.2) is 0 Å². The number of alkyl halides is 1. The maximum atomic E-state index is 14.3. The number of nitrogens with one attached hydrogen (secondary N) is 1. The van der Waals surface area contributed by atoms with Gasteiger partial charge in [-0.1, -0.05) is 24.3 Å². The van der Waals surface area contributed by atoms with Gasteiger partial charge in [-0.05, 0) is 119 Å². The summed E-state index contributed by atoms with van der Waals surface area (Å²) in [5, 5.41) is 7.55. The maximum absolute atomic E-state index is 14.3. The molecular formula is C36H47ClN4O3. The van der Waals surface area contributed by atoms with Crippen LogP contribution < -0.4 is 15.0 Å². The monoisotopic (exact) mass is 618 g/mol. The van der Waals surface area contributed by atoms with Gasteiger partial charge in [0, 0.05) is 42.0 Å². The van der Waals surface area contributed by atoms with E-state index in [-0.39, 0.29) is 35.7 Å². The highest BCUT2D eigenvalue weighted by Crippen LogP contribution is 2.39. The predicted molar refractivity (Wildman–Crippen MR) is 177 cm³/mol. The van der Waals surface area contributed by atoms with Crippen LogP contribution in [0.2, 0.25) is 0 Å². The second kappa shape index (κ2) is 14.6. The molecule has 0 bridgehead atoms. The van der Waals surface area contributed by atoms with E-state index >= 15 is 0 Å².